The van der Waals surface area contributed by atoms with E-state index in [9.17, 15) is 0 Å². The lowest BCUT2D eigenvalue weighted by molar-refractivity contribution is 0.164. The lowest BCUT2D eigenvalue weighted by Crippen LogP contribution is -2.44. The molecule has 0 amide bonds. The van der Waals surface area contributed by atoms with Gasteiger partial charge < -0.3 is 19.9 Å². The lowest BCUT2D eigenvalue weighted by atomic mass is 10.0. The maximum absolute atomic E-state index is 5.34. The van der Waals surface area contributed by atoms with Crippen molar-refractivity contribution < 1.29 is 4.74 Å². The normalized spacial score (nSPS) is 18.1. The average molecular weight is 412 g/mol. The number of nitrogens with one attached hydrogen (secondary N) is 2. The van der Waals surface area contributed by atoms with E-state index in [4.69, 9.17) is 4.74 Å². The summed E-state index contributed by atoms with van der Waals surface area (Å²) in [7, 11) is 3.52. The molecule has 2 N–H and O–H groups in total. The maximum Gasteiger partial charge on any atom is 0.191 e. The van der Waals surface area contributed by atoms with Crippen LogP contribution in [0, 0.1) is 0 Å². The summed E-state index contributed by atoms with van der Waals surface area (Å²) in [4.78, 5) is 7.00. The van der Waals surface area contributed by atoms with E-state index in [-0.39, 0.29) is 0 Å². The molecule has 0 radical (unpaired) electrons. The summed E-state index contributed by atoms with van der Waals surface area (Å²) in [6.45, 7) is 4.71. The molecule has 1 unspecified atom stereocenters. The minimum Gasteiger partial charge on any atom is -0.497 e. The minimum absolute atomic E-state index is 0.298. The van der Waals surface area contributed by atoms with Crippen molar-refractivity contribution in [1.82, 2.24) is 30.3 Å². The first-order valence-electron chi connectivity index (χ1n) is 11.0. The Morgan fingerprint density at radius 3 is 2.60 bits per heavy atom. The summed E-state index contributed by atoms with van der Waals surface area (Å²) in [6.07, 6.45) is 6.03. The summed E-state index contributed by atoms with van der Waals surface area (Å²) in [6, 6.07) is 8.74. The highest BCUT2D eigenvalue weighted by Crippen LogP contribution is 2.26. The quantitative estimate of drug-likeness (QED) is 0.537. The number of fused-ring (bicyclic) bond motifs is 1. The molecule has 1 atom stereocenters. The molecule has 4 rings (SSSR count). The molecule has 0 bridgehead atoms. The maximum atomic E-state index is 5.34. The molecular weight excluding hydrogens is 378 g/mol. The van der Waals surface area contributed by atoms with Crippen molar-refractivity contribution in [2.75, 3.05) is 33.8 Å². The number of methoxy groups -OCH3 is 1. The minimum atomic E-state index is 0.298. The van der Waals surface area contributed by atoms with Crippen LogP contribution < -0.4 is 15.4 Å². The number of aryl methyl sites for hydroxylation is 1. The van der Waals surface area contributed by atoms with Crippen LogP contribution in [0.4, 0.5) is 0 Å². The highest BCUT2D eigenvalue weighted by atomic mass is 16.5. The average Bonchev–Trinajstić information content (AvgIpc) is 3.42. The van der Waals surface area contributed by atoms with Gasteiger partial charge in [0.1, 0.15) is 11.6 Å². The van der Waals surface area contributed by atoms with Gasteiger partial charge in [-0.25, -0.2) is 0 Å². The zero-order valence-electron chi connectivity index (χ0n) is 18.1. The second kappa shape index (κ2) is 9.93. The first-order chi connectivity index (χ1) is 14.8. The topological polar surface area (TPSA) is 79.6 Å². The second-order valence-electron chi connectivity index (χ2n) is 7.98. The van der Waals surface area contributed by atoms with Gasteiger partial charge in [0.25, 0.3) is 0 Å². The van der Waals surface area contributed by atoms with E-state index in [2.05, 4.69) is 47.4 Å². The fraction of sp³-hybridized carbons (Fsp3) is 0.591. The molecule has 8 heteroatoms. The van der Waals surface area contributed by atoms with Gasteiger partial charge in [-0.3, -0.25) is 9.89 Å². The fourth-order valence-electron chi connectivity index (χ4n) is 4.43. The Morgan fingerprint density at radius 2 is 1.87 bits per heavy atom. The lowest BCUT2D eigenvalue weighted by Gasteiger charge is -2.35. The highest BCUT2D eigenvalue weighted by molar-refractivity contribution is 5.79. The molecule has 30 heavy (non-hydrogen) atoms. The van der Waals surface area contributed by atoms with E-state index >= 15 is 0 Å². The number of hydrogen-bond acceptors (Lipinski definition) is 5. The number of nitrogens with zero attached hydrogens (tertiary/aromatic N) is 5. The summed E-state index contributed by atoms with van der Waals surface area (Å²) in [5.74, 6) is 3.76. The second-order valence-corrected chi connectivity index (χ2v) is 7.98. The van der Waals surface area contributed by atoms with Gasteiger partial charge in [0.2, 0.25) is 0 Å². The Labute approximate surface area is 178 Å². The number of ether oxygens (including phenoxy) is 1. The molecule has 2 aliphatic rings. The molecule has 0 saturated carbocycles. The Bertz CT molecular complexity index is 840. The van der Waals surface area contributed by atoms with E-state index in [1.165, 1.54) is 24.8 Å². The van der Waals surface area contributed by atoms with Gasteiger partial charge in [0, 0.05) is 26.6 Å². The van der Waals surface area contributed by atoms with Crippen molar-refractivity contribution in [2.45, 2.75) is 51.2 Å². The molecule has 1 aromatic heterocycles. The third-order valence-corrected chi connectivity index (χ3v) is 6.12. The third kappa shape index (κ3) is 4.75. The van der Waals surface area contributed by atoms with E-state index in [0.717, 1.165) is 62.4 Å². The number of aliphatic imine (C=N–C) groups is 1. The van der Waals surface area contributed by atoms with Crippen LogP contribution in [0.25, 0.3) is 0 Å². The van der Waals surface area contributed by atoms with Crippen LogP contribution in [-0.2, 0) is 19.5 Å². The van der Waals surface area contributed by atoms with Gasteiger partial charge in [-0.1, -0.05) is 18.6 Å². The van der Waals surface area contributed by atoms with E-state index in [1.807, 2.05) is 19.2 Å². The number of rotatable bonds is 7. The Hall–Kier alpha value is -2.61. The van der Waals surface area contributed by atoms with E-state index in [1.54, 1.807) is 7.11 Å². The Morgan fingerprint density at radius 1 is 1.07 bits per heavy atom. The number of piperidine rings is 1. The molecule has 2 aliphatic heterocycles. The van der Waals surface area contributed by atoms with Gasteiger partial charge in [0.05, 0.1) is 19.7 Å². The van der Waals surface area contributed by atoms with Crippen molar-refractivity contribution in [3.63, 3.8) is 0 Å². The van der Waals surface area contributed by atoms with Crippen molar-refractivity contribution in [1.29, 1.82) is 0 Å². The predicted octanol–water partition coefficient (Wildman–Crippen LogP) is 2.13. The van der Waals surface area contributed by atoms with Crippen LogP contribution in [-0.4, -0.2) is 59.4 Å². The third-order valence-electron chi connectivity index (χ3n) is 6.12. The molecule has 8 nitrogen and oxygen atoms in total. The molecule has 2 aromatic rings. The van der Waals surface area contributed by atoms with Gasteiger partial charge >= 0.3 is 0 Å². The summed E-state index contributed by atoms with van der Waals surface area (Å²) >= 11 is 0. The van der Waals surface area contributed by atoms with Crippen molar-refractivity contribution in [3.8, 4) is 5.75 Å². The summed E-state index contributed by atoms with van der Waals surface area (Å²) < 4.78 is 7.55. The zero-order valence-corrected chi connectivity index (χ0v) is 18.1. The van der Waals surface area contributed by atoms with Crippen molar-refractivity contribution in [2.24, 2.45) is 4.99 Å². The van der Waals surface area contributed by atoms with Crippen LogP contribution in [0.2, 0.25) is 0 Å². The van der Waals surface area contributed by atoms with E-state index < -0.39 is 0 Å². The Balaban J connectivity index is 1.39. The number of likely N-dealkylation sites (tertiary alicyclic amines) is 1. The van der Waals surface area contributed by atoms with Crippen molar-refractivity contribution >= 4 is 5.96 Å². The Kier molecular flexibility index (Phi) is 6.84. The first-order valence-corrected chi connectivity index (χ1v) is 11.0. The molecular formula is C22H33N7O. The number of benzene rings is 1. The van der Waals surface area contributed by atoms with Crippen LogP contribution in [0.1, 0.15) is 48.9 Å². The molecule has 1 saturated heterocycles. The van der Waals surface area contributed by atoms with Gasteiger partial charge in [0.15, 0.2) is 11.8 Å². The monoisotopic (exact) mass is 411 g/mol. The van der Waals surface area contributed by atoms with Gasteiger partial charge in [-0.05, 0) is 50.0 Å². The molecule has 162 valence electrons. The molecule has 1 fully saturated rings. The predicted molar refractivity (Wildman–Crippen MR) is 118 cm³/mol. The van der Waals surface area contributed by atoms with Crippen LogP contribution in [0.3, 0.4) is 0 Å². The molecule has 3 heterocycles. The SMILES string of the molecule is CN=C(NCc1nnc2n1CCC2)NCC(c1ccc(OC)cc1)N1CCCCC1. The van der Waals surface area contributed by atoms with E-state index in [0.29, 0.717) is 12.6 Å². The van der Waals surface area contributed by atoms with Gasteiger partial charge in [-0.2, -0.15) is 0 Å². The van der Waals surface area contributed by atoms with Crippen molar-refractivity contribution in [3.05, 3.63) is 41.5 Å². The standard InChI is InChI=1S/C22H33N7O/c1-23-22(25-16-21-27-26-20-7-6-14-29(20)21)24-15-19(28-12-4-3-5-13-28)17-8-10-18(30-2)11-9-17/h8-11,19H,3-7,12-16H2,1-2H3,(H2,23,24,25). The van der Waals surface area contributed by atoms with Gasteiger partial charge in [-0.15, -0.1) is 10.2 Å². The molecule has 0 aliphatic carbocycles. The first kappa shape index (κ1) is 20.7. The largest absolute Gasteiger partial charge is 0.497 e. The van der Waals surface area contributed by atoms with Crippen LogP contribution >= 0.6 is 0 Å². The molecule has 0 spiro atoms. The highest BCUT2D eigenvalue weighted by Gasteiger charge is 2.23. The number of hydrogen-bond donors (Lipinski definition) is 2. The smallest absolute Gasteiger partial charge is 0.191 e. The number of aromatic nitrogens is 3. The van der Waals surface area contributed by atoms with Crippen LogP contribution in [0.5, 0.6) is 5.75 Å². The number of guanidine groups is 1. The summed E-state index contributed by atoms with van der Waals surface area (Å²) in [5.41, 5.74) is 1.30. The fourth-order valence-corrected chi connectivity index (χ4v) is 4.43. The summed E-state index contributed by atoms with van der Waals surface area (Å²) in [5, 5.41) is 15.5. The van der Waals surface area contributed by atoms with Crippen LogP contribution in [0.15, 0.2) is 29.3 Å². The molecule has 1 aromatic carbocycles. The zero-order chi connectivity index (χ0) is 20.8.